The van der Waals surface area contributed by atoms with Crippen molar-refractivity contribution < 1.29 is 22.8 Å². The molecule has 1 rings (SSSR count). The van der Waals surface area contributed by atoms with Crippen LogP contribution < -0.4 is 5.32 Å². The van der Waals surface area contributed by atoms with Crippen molar-refractivity contribution in [2.45, 2.75) is 6.18 Å². The van der Waals surface area contributed by atoms with Crippen LogP contribution in [0.2, 0.25) is 0 Å². The Morgan fingerprint density at radius 1 is 1.27 bits per heavy atom. The molecule has 0 atom stereocenters. The number of amides is 1. The van der Waals surface area contributed by atoms with E-state index in [1.807, 2.05) is 0 Å². The minimum absolute atomic E-state index is 0.00454. The van der Waals surface area contributed by atoms with Gasteiger partial charge in [0.25, 0.3) is 0 Å². The predicted octanol–water partition coefficient (Wildman–Crippen LogP) is 2.00. The summed E-state index contributed by atoms with van der Waals surface area (Å²) in [5.74, 6) is -2.10. The lowest BCUT2D eigenvalue weighted by atomic mass is 10.2. The van der Waals surface area contributed by atoms with Gasteiger partial charge in [0, 0.05) is 5.56 Å². The zero-order chi connectivity index (χ0) is 11.5. The zero-order valence-electron chi connectivity index (χ0n) is 7.34. The number of nitrogens with one attached hydrogen (secondary N) is 1. The first kappa shape index (κ1) is 11.2. The fourth-order valence-electron chi connectivity index (χ4n) is 0.907. The van der Waals surface area contributed by atoms with E-state index in [9.17, 15) is 22.8 Å². The summed E-state index contributed by atoms with van der Waals surface area (Å²) >= 11 is 0. The lowest BCUT2D eigenvalue weighted by Crippen LogP contribution is -2.30. The van der Waals surface area contributed by atoms with Gasteiger partial charge in [-0.05, 0) is 12.1 Å². The van der Waals surface area contributed by atoms with Crippen LogP contribution in [0.5, 0.6) is 0 Å². The maximum absolute atomic E-state index is 11.9. The van der Waals surface area contributed by atoms with Crippen molar-refractivity contribution >= 4 is 17.9 Å². The lowest BCUT2D eigenvalue weighted by molar-refractivity contribution is -0.167. The molecule has 0 aromatic heterocycles. The van der Waals surface area contributed by atoms with Crippen molar-refractivity contribution in [1.82, 2.24) is 0 Å². The number of hydrogen-bond donors (Lipinski definition) is 1. The normalized spacial score (nSPS) is 10.9. The van der Waals surface area contributed by atoms with Gasteiger partial charge in [-0.3, -0.25) is 9.59 Å². The van der Waals surface area contributed by atoms with E-state index in [1.165, 1.54) is 24.3 Å². The Labute approximate surface area is 82.9 Å². The van der Waals surface area contributed by atoms with E-state index < -0.39 is 12.1 Å². The summed E-state index contributed by atoms with van der Waals surface area (Å²) in [4.78, 5) is 21.0. The predicted molar refractivity (Wildman–Crippen MR) is 46.5 cm³/mol. The highest BCUT2D eigenvalue weighted by Crippen LogP contribution is 2.19. The number of carbonyl (C=O) groups is 2. The summed E-state index contributed by atoms with van der Waals surface area (Å²) in [6, 6.07) is 5.42. The van der Waals surface area contributed by atoms with Crippen LogP contribution in [-0.4, -0.2) is 18.4 Å². The van der Waals surface area contributed by atoms with Crippen LogP contribution in [-0.2, 0) is 4.79 Å². The van der Waals surface area contributed by atoms with Crippen molar-refractivity contribution in [3.8, 4) is 0 Å². The Hall–Kier alpha value is -1.85. The molecule has 0 unspecified atom stereocenters. The second kappa shape index (κ2) is 4.12. The molecule has 1 amide bonds. The third-order valence-corrected chi connectivity index (χ3v) is 1.59. The van der Waals surface area contributed by atoms with Gasteiger partial charge in [-0.25, -0.2) is 0 Å². The lowest BCUT2D eigenvalue weighted by Gasteiger charge is -2.08. The molecule has 0 aliphatic rings. The summed E-state index contributed by atoms with van der Waals surface area (Å²) in [5, 5.41) is 1.61. The molecule has 3 nitrogen and oxygen atoms in total. The molecule has 0 aliphatic carbocycles. The third-order valence-electron chi connectivity index (χ3n) is 1.59. The summed E-state index contributed by atoms with van der Waals surface area (Å²) in [7, 11) is 0. The molecule has 1 N–H and O–H groups in total. The maximum Gasteiger partial charge on any atom is 0.471 e. The minimum Gasteiger partial charge on any atom is -0.318 e. The Morgan fingerprint density at radius 2 is 1.87 bits per heavy atom. The molecular weight excluding hydrogens is 211 g/mol. The second-order valence-corrected chi connectivity index (χ2v) is 2.66. The van der Waals surface area contributed by atoms with Crippen molar-refractivity contribution in [1.29, 1.82) is 0 Å². The van der Waals surface area contributed by atoms with Crippen LogP contribution in [0.25, 0.3) is 0 Å². The largest absolute Gasteiger partial charge is 0.471 e. The SMILES string of the molecule is O=Cc1ccccc1NC(=O)C(F)(F)F. The first-order chi connectivity index (χ1) is 6.95. The average molecular weight is 217 g/mol. The van der Waals surface area contributed by atoms with Gasteiger partial charge in [0.05, 0.1) is 5.69 Å². The van der Waals surface area contributed by atoms with E-state index >= 15 is 0 Å². The van der Waals surface area contributed by atoms with Gasteiger partial charge in [0.2, 0.25) is 0 Å². The number of carbonyl (C=O) groups excluding carboxylic acids is 2. The standard InChI is InChI=1S/C9H6F3NO2/c10-9(11,12)8(15)13-7-4-2-1-3-6(7)5-14/h1-5H,(H,13,15). The van der Waals surface area contributed by atoms with Crippen molar-refractivity contribution in [2.75, 3.05) is 5.32 Å². The smallest absolute Gasteiger partial charge is 0.318 e. The number of halogens is 3. The topological polar surface area (TPSA) is 46.2 Å². The molecule has 0 saturated heterocycles. The molecular formula is C9H6F3NO2. The van der Waals surface area contributed by atoms with E-state index in [4.69, 9.17) is 0 Å². The molecule has 0 fully saturated rings. The summed E-state index contributed by atoms with van der Waals surface area (Å²) in [5.41, 5.74) is -0.162. The Bertz CT molecular complexity index is 387. The van der Waals surface area contributed by atoms with Crippen LogP contribution in [0.15, 0.2) is 24.3 Å². The monoisotopic (exact) mass is 217 g/mol. The van der Waals surface area contributed by atoms with Gasteiger partial charge in [-0.1, -0.05) is 12.1 Å². The van der Waals surface area contributed by atoms with Crippen LogP contribution in [0.1, 0.15) is 10.4 Å². The molecule has 0 aliphatic heterocycles. The number of hydrogen-bond acceptors (Lipinski definition) is 2. The van der Waals surface area contributed by atoms with Crippen LogP contribution >= 0.6 is 0 Å². The van der Waals surface area contributed by atoms with Crippen LogP contribution in [0, 0.1) is 0 Å². The van der Waals surface area contributed by atoms with E-state index in [0.717, 1.165) is 0 Å². The van der Waals surface area contributed by atoms with Crippen LogP contribution in [0.3, 0.4) is 0 Å². The summed E-state index contributed by atoms with van der Waals surface area (Å²) in [6.45, 7) is 0. The summed E-state index contributed by atoms with van der Waals surface area (Å²) in [6.07, 6.45) is -4.60. The highest BCUT2D eigenvalue weighted by molar-refractivity contribution is 5.99. The van der Waals surface area contributed by atoms with E-state index in [-0.39, 0.29) is 11.3 Å². The van der Waals surface area contributed by atoms with Gasteiger partial charge >= 0.3 is 12.1 Å². The zero-order valence-corrected chi connectivity index (χ0v) is 7.34. The average Bonchev–Trinajstić information content (AvgIpc) is 2.17. The maximum atomic E-state index is 11.9. The quantitative estimate of drug-likeness (QED) is 0.770. The molecule has 0 spiro atoms. The molecule has 1 aromatic rings. The number of para-hydroxylation sites is 1. The number of benzene rings is 1. The fraction of sp³-hybridized carbons (Fsp3) is 0.111. The van der Waals surface area contributed by atoms with Crippen molar-refractivity contribution in [3.05, 3.63) is 29.8 Å². The Balaban J connectivity index is 2.90. The van der Waals surface area contributed by atoms with Gasteiger partial charge in [0.15, 0.2) is 6.29 Å². The molecule has 0 bridgehead atoms. The van der Waals surface area contributed by atoms with E-state index in [2.05, 4.69) is 0 Å². The first-order valence-corrected chi connectivity index (χ1v) is 3.87. The minimum atomic E-state index is -4.96. The van der Waals surface area contributed by atoms with Gasteiger partial charge in [-0.15, -0.1) is 0 Å². The van der Waals surface area contributed by atoms with Gasteiger partial charge < -0.3 is 5.32 Å². The molecule has 6 heteroatoms. The molecule has 0 saturated carbocycles. The number of aldehydes is 1. The van der Waals surface area contributed by atoms with Crippen molar-refractivity contribution in [3.63, 3.8) is 0 Å². The molecule has 1 aromatic carbocycles. The first-order valence-electron chi connectivity index (χ1n) is 3.87. The number of rotatable bonds is 2. The molecule has 0 radical (unpaired) electrons. The fourth-order valence-corrected chi connectivity index (χ4v) is 0.907. The van der Waals surface area contributed by atoms with Crippen molar-refractivity contribution in [2.24, 2.45) is 0 Å². The number of alkyl halides is 3. The van der Waals surface area contributed by atoms with Gasteiger partial charge in [0.1, 0.15) is 0 Å². The molecule has 15 heavy (non-hydrogen) atoms. The molecule has 0 heterocycles. The third kappa shape index (κ3) is 2.80. The highest BCUT2D eigenvalue weighted by atomic mass is 19.4. The Morgan fingerprint density at radius 3 is 2.40 bits per heavy atom. The number of anilines is 1. The van der Waals surface area contributed by atoms with E-state index in [1.54, 1.807) is 5.32 Å². The van der Waals surface area contributed by atoms with Crippen LogP contribution in [0.4, 0.5) is 18.9 Å². The second-order valence-electron chi connectivity index (χ2n) is 2.66. The van der Waals surface area contributed by atoms with Gasteiger partial charge in [-0.2, -0.15) is 13.2 Å². The van der Waals surface area contributed by atoms with E-state index in [0.29, 0.717) is 6.29 Å². The summed E-state index contributed by atoms with van der Waals surface area (Å²) < 4.78 is 35.6. The molecule has 80 valence electrons. The highest BCUT2D eigenvalue weighted by Gasteiger charge is 2.38. The Kier molecular flexibility index (Phi) is 3.08.